The molecule has 1 aliphatic carbocycles. The van der Waals surface area contributed by atoms with E-state index in [0.29, 0.717) is 40.2 Å². The van der Waals surface area contributed by atoms with Crippen molar-refractivity contribution >= 4 is 28.7 Å². The molecule has 186 valence electrons. The van der Waals surface area contributed by atoms with Gasteiger partial charge in [0.25, 0.3) is 5.91 Å². The predicted molar refractivity (Wildman–Crippen MR) is 135 cm³/mol. The molecular formula is C25H33N7O3. The van der Waals surface area contributed by atoms with Crippen LogP contribution >= 0.6 is 0 Å². The van der Waals surface area contributed by atoms with Crippen molar-refractivity contribution in [2.24, 2.45) is 7.05 Å². The van der Waals surface area contributed by atoms with E-state index in [4.69, 9.17) is 9.72 Å². The molecule has 1 saturated heterocycles. The van der Waals surface area contributed by atoms with E-state index in [1.54, 1.807) is 37.1 Å². The van der Waals surface area contributed by atoms with Crippen LogP contribution in [-0.4, -0.2) is 75.1 Å². The lowest BCUT2D eigenvalue weighted by Crippen LogP contribution is -2.34. The number of ether oxygens (including phenoxy) is 1. The van der Waals surface area contributed by atoms with Gasteiger partial charge in [-0.3, -0.25) is 13.9 Å². The SMILES string of the molecule is COc1cc(C(=O)N2CC[C@@H](N(C)C)C2)ccc1Nc1ncc2c(n1)n(C1CCCC1)c(=O)n2C. The second kappa shape index (κ2) is 9.33. The minimum Gasteiger partial charge on any atom is -0.495 e. The Morgan fingerprint density at radius 3 is 2.66 bits per heavy atom. The van der Waals surface area contributed by atoms with Crippen molar-refractivity contribution in [1.29, 1.82) is 0 Å². The van der Waals surface area contributed by atoms with Gasteiger partial charge in [-0.1, -0.05) is 12.8 Å². The smallest absolute Gasteiger partial charge is 0.330 e. The molecule has 5 rings (SSSR count). The zero-order chi connectivity index (χ0) is 24.7. The summed E-state index contributed by atoms with van der Waals surface area (Å²) >= 11 is 0. The number of amides is 1. The van der Waals surface area contributed by atoms with Crippen molar-refractivity contribution in [2.45, 2.75) is 44.2 Å². The van der Waals surface area contributed by atoms with Crippen molar-refractivity contribution in [2.75, 3.05) is 39.6 Å². The number of carbonyl (C=O) groups is 1. The van der Waals surface area contributed by atoms with E-state index < -0.39 is 0 Å². The summed E-state index contributed by atoms with van der Waals surface area (Å²) in [6.07, 6.45) is 6.87. The standard InChI is InChI=1S/C25H33N7O3/c1-29(2)18-11-12-31(15-18)23(33)16-9-10-19(21(13-16)35-4)27-24-26-14-20-22(28-24)32(25(34)30(20)3)17-7-5-6-8-17/h9-10,13-14,17-18H,5-8,11-12,15H2,1-4H3,(H,26,27,28)/t18-/m1/s1. The number of aromatic nitrogens is 4. The van der Waals surface area contributed by atoms with Gasteiger partial charge in [0, 0.05) is 37.8 Å². The van der Waals surface area contributed by atoms with Gasteiger partial charge in [-0.2, -0.15) is 4.98 Å². The first-order chi connectivity index (χ1) is 16.9. The number of methoxy groups -OCH3 is 1. The lowest BCUT2D eigenvalue weighted by molar-refractivity contribution is 0.0782. The van der Waals surface area contributed by atoms with Crippen LogP contribution in [0.5, 0.6) is 5.75 Å². The van der Waals surface area contributed by atoms with Gasteiger partial charge >= 0.3 is 5.69 Å². The molecule has 0 unspecified atom stereocenters. The number of aryl methyl sites for hydroxylation is 1. The van der Waals surface area contributed by atoms with Gasteiger partial charge in [-0.05, 0) is 51.6 Å². The summed E-state index contributed by atoms with van der Waals surface area (Å²) in [6, 6.07) is 5.92. The fourth-order valence-corrected chi connectivity index (χ4v) is 5.27. The number of hydrogen-bond donors (Lipinski definition) is 1. The van der Waals surface area contributed by atoms with Crippen LogP contribution < -0.4 is 15.7 Å². The average molecular weight is 480 g/mol. The van der Waals surface area contributed by atoms with Crippen LogP contribution in [0.25, 0.3) is 11.2 Å². The third-order valence-electron chi connectivity index (χ3n) is 7.40. The Hall–Kier alpha value is -3.40. The average Bonchev–Trinajstić information content (AvgIpc) is 3.60. The van der Waals surface area contributed by atoms with E-state index in [1.165, 1.54) is 0 Å². The number of nitrogens with zero attached hydrogens (tertiary/aromatic N) is 6. The number of fused-ring (bicyclic) bond motifs is 1. The zero-order valence-corrected chi connectivity index (χ0v) is 20.8. The summed E-state index contributed by atoms with van der Waals surface area (Å²) in [6.45, 7) is 1.47. The molecule has 1 aromatic carbocycles. The number of imidazole rings is 1. The van der Waals surface area contributed by atoms with E-state index >= 15 is 0 Å². The summed E-state index contributed by atoms with van der Waals surface area (Å²) < 4.78 is 9.01. The largest absolute Gasteiger partial charge is 0.495 e. The summed E-state index contributed by atoms with van der Waals surface area (Å²) in [7, 11) is 7.42. The van der Waals surface area contributed by atoms with Gasteiger partial charge in [0.15, 0.2) is 5.65 Å². The molecule has 0 spiro atoms. The van der Waals surface area contributed by atoms with Crippen LogP contribution in [0.15, 0.2) is 29.2 Å². The summed E-state index contributed by atoms with van der Waals surface area (Å²) in [4.78, 5) is 39.2. The summed E-state index contributed by atoms with van der Waals surface area (Å²) in [5, 5.41) is 3.22. The normalized spacial score (nSPS) is 18.7. The number of anilines is 2. The molecule has 0 radical (unpaired) electrons. The van der Waals surface area contributed by atoms with Gasteiger partial charge in [0.2, 0.25) is 5.95 Å². The zero-order valence-electron chi connectivity index (χ0n) is 20.8. The highest BCUT2D eigenvalue weighted by molar-refractivity contribution is 5.95. The van der Waals surface area contributed by atoms with E-state index in [-0.39, 0.29) is 17.6 Å². The first kappa shape index (κ1) is 23.3. The van der Waals surface area contributed by atoms with Crippen LogP contribution in [-0.2, 0) is 7.05 Å². The molecule has 1 saturated carbocycles. The summed E-state index contributed by atoms with van der Waals surface area (Å²) in [5.74, 6) is 0.909. The molecule has 1 aliphatic heterocycles. The number of likely N-dealkylation sites (tertiary alicyclic amines) is 1. The number of carbonyl (C=O) groups excluding carboxylic acids is 1. The van der Waals surface area contributed by atoms with Crippen LogP contribution in [0.3, 0.4) is 0 Å². The van der Waals surface area contributed by atoms with Crippen molar-refractivity contribution in [3.05, 3.63) is 40.4 Å². The van der Waals surface area contributed by atoms with Gasteiger partial charge in [-0.25, -0.2) is 9.78 Å². The molecule has 10 heteroatoms. The molecule has 3 heterocycles. The molecular weight excluding hydrogens is 446 g/mol. The molecule has 3 aromatic rings. The monoisotopic (exact) mass is 479 g/mol. The molecule has 2 aromatic heterocycles. The van der Waals surface area contributed by atoms with Crippen molar-refractivity contribution in [1.82, 2.24) is 28.9 Å². The van der Waals surface area contributed by atoms with Crippen LogP contribution in [0.4, 0.5) is 11.6 Å². The molecule has 1 atom stereocenters. The van der Waals surface area contributed by atoms with E-state index in [2.05, 4.69) is 15.2 Å². The highest BCUT2D eigenvalue weighted by atomic mass is 16.5. The van der Waals surface area contributed by atoms with Crippen molar-refractivity contribution in [3.8, 4) is 5.75 Å². The molecule has 1 N–H and O–H groups in total. The predicted octanol–water partition coefficient (Wildman–Crippen LogP) is 2.77. The highest BCUT2D eigenvalue weighted by Gasteiger charge is 2.29. The minimum absolute atomic E-state index is 0.00161. The Kier molecular flexibility index (Phi) is 6.22. The molecule has 2 fully saturated rings. The fourth-order valence-electron chi connectivity index (χ4n) is 5.27. The Bertz CT molecular complexity index is 1310. The number of rotatable bonds is 6. The number of likely N-dealkylation sites (N-methyl/N-ethyl adjacent to an activating group) is 1. The molecule has 1 amide bonds. The Morgan fingerprint density at radius 1 is 1.20 bits per heavy atom. The van der Waals surface area contributed by atoms with Gasteiger partial charge in [0.1, 0.15) is 11.3 Å². The van der Waals surface area contributed by atoms with Crippen LogP contribution in [0, 0.1) is 0 Å². The van der Waals surface area contributed by atoms with Crippen molar-refractivity contribution in [3.63, 3.8) is 0 Å². The maximum absolute atomic E-state index is 13.1. The van der Waals surface area contributed by atoms with Gasteiger partial charge < -0.3 is 19.9 Å². The third-order valence-corrected chi connectivity index (χ3v) is 7.40. The number of nitrogens with one attached hydrogen (secondary N) is 1. The highest BCUT2D eigenvalue weighted by Crippen LogP contribution is 2.32. The van der Waals surface area contributed by atoms with Crippen molar-refractivity contribution < 1.29 is 9.53 Å². The Labute approximate surface area is 204 Å². The maximum Gasteiger partial charge on any atom is 0.330 e. The lowest BCUT2D eigenvalue weighted by Gasteiger charge is -2.21. The topological polar surface area (TPSA) is 97.5 Å². The molecule has 2 aliphatic rings. The maximum atomic E-state index is 13.1. The number of benzene rings is 1. The summed E-state index contributed by atoms with van der Waals surface area (Å²) in [5.41, 5.74) is 2.53. The number of hydrogen-bond acceptors (Lipinski definition) is 7. The lowest BCUT2D eigenvalue weighted by atomic mass is 10.1. The Balaban J connectivity index is 1.41. The van der Waals surface area contributed by atoms with E-state index in [9.17, 15) is 9.59 Å². The first-order valence-corrected chi connectivity index (χ1v) is 12.2. The van der Waals surface area contributed by atoms with Gasteiger partial charge in [-0.15, -0.1) is 0 Å². The van der Waals surface area contributed by atoms with Crippen LogP contribution in [0.1, 0.15) is 48.5 Å². The fraction of sp³-hybridized carbons (Fsp3) is 0.520. The Morgan fingerprint density at radius 2 is 1.97 bits per heavy atom. The first-order valence-electron chi connectivity index (χ1n) is 12.2. The second-order valence-corrected chi connectivity index (χ2v) is 9.75. The van der Waals surface area contributed by atoms with E-state index in [0.717, 1.165) is 45.2 Å². The molecule has 0 bridgehead atoms. The van der Waals surface area contributed by atoms with E-state index in [1.807, 2.05) is 29.6 Å². The third kappa shape index (κ3) is 4.27. The van der Waals surface area contributed by atoms with Crippen LogP contribution in [0.2, 0.25) is 0 Å². The second-order valence-electron chi connectivity index (χ2n) is 9.75. The molecule has 35 heavy (non-hydrogen) atoms. The quantitative estimate of drug-likeness (QED) is 0.581. The molecule has 10 nitrogen and oxygen atoms in total. The minimum atomic E-state index is -0.0581. The van der Waals surface area contributed by atoms with Gasteiger partial charge in [0.05, 0.1) is 19.0 Å².